The van der Waals surface area contributed by atoms with Crippen LogP contribution in [0.25, 0.3) is 0 Å². The highest BCUT2D eigenvalue weighted by Crippen LogP contribution is 2.31. The Bertz CT molecular complexity index is 678. The Kier molecular flexibility index (Phi) is 4.41. The van der Waals surface area contributed by atoms with Crippen molar-refractivity contribution in [1.82, 2.24) is 4.31 Å². The molecule has 5 nitrogen and oxygen atoms in total. The van der Waals surface area contributed by atoms with Gasteiger partial charge in [-0.2, -0.15) is 4.31 Å². The molecular weight excluding hydrogens is 374 g/mol. The maximum atomic E-state index is 12.5. The molecule has 0 atom stereocenters. The first-order valence-electron chi connectivity index (χ1n) is 5.69. The van der Waals surface area contributed by atoms with Gasteiger partial charge in [0.2, 0.25) is 10.0 Å². The van der Waals surface area contributed by atoms with Crippen LogP contribution in [0.15, 0.2) is 14.7 Å². The number of thiophene rings is 1. The summed E-state index contributed by atoms with van der Waals surface area (Å²) in [6.45, 7) is 2.04. The molecule has 0 bridgehead atoms. The zero-order valence-electron chi connectivity index (χ0n) is 10.3. The molecule has 0 spiro atoms. The van der Waals surface area contributed by atoms with Crippen molar-refractivity contribution in [2.75, 3.05) is 24.6 Å². The molecule has 108 valence electrons. The molecule has 19 heavy (non-hydrogen) atoms. The monoisotopic (exact) mass is 387 g/mol. The predicted octanol–water partition coefficient (Wildman–Crippen LogP) is 1.63. The van der Waals surface area contributed by atoms with Gasteiger partial charge in [-0.25, -0.2) is 16.8 Å². The Hall–Kier alpha value is 0.0400. The van der Waals surface area contributed by atoms with Crippen LogP contribution in [-0.2, 0) is 19.9 Å². The van der Waals surface area contributed by atoms with Crippen LogP contribution in [0.4, 0.5) is 0 Å². The van der Waals surface area contributed by atoms with Gasteiger partial charge >= 0.3 is 0 Å². The molecule has 0 amide bonds. The highest BCUT2D eigenvalue weighted by atomic mass is 79.9. The lowest BCUT2D eigenvalue weighted by molar-refractivity contribution is 0.434. The summed E-state index contributed by atoms with van der Waals surface area (Å²) in [4.78, 5) is 0.975. The molecule has 1 aromatic heterocycles. The smallest absolute Gasteiger partial charge is 0.229 e. The third-order valence-corrected chi connectivity index (χ3v) is 8.40. The number of hydrogen-bond acceptors (Lipinski definition) is 5. The van der Waals surface area contributed by atoms with Crippen LogP contribution in [0.1, 0.15) is 11.3 Å². The van der Waals surface area contributed by atoms with E-state index < -0.39 is 19.9 Å². The molecule has 0 aromatic carbocycles. The Morgan fingerprint density at radius 3 is 2.58 bits per heavy atom. The quantitative estimate of drug-likeness (QED) is 0.772. The van der Waals surface area contributed by atoms with E-state index in [9.17, 15) is 16.8 Å². The highest BCUT2D eigenvalue weighted by molar-refractivity contribution is 9.11. The molecule has 1 saturated heterocycles. The van der Waals surface area contributed by atoms with Gasteiger partial charge in [0.05, 0.1) is 20.2 Å². The second-order valence-electron chi connectivity index (χ2n) is 4.38. The molecule has 1 fully saturated rings. The van der Waals surface area contributed by atoms with E-state index in [0.717, 1.165) is 3.79 Å². The molecule has 0 aliphatic carbocycles. The van der Waals surface area contributed by atoms with E-state index in [1.807, 2.05) is 0 Å². The van der Waals surface area contributed by atoms with Crippen LogP contribution in [0, 0.1) is 6.92 Å². The normalized spacial score (nSPS) is 21.2. The van der Waals surface area contributed by atoms with Crippen molar-refractivity contribution in [1.29, 1.82) is 0 Å². The second-order valence-corrected chi connectivity index (χ2v) is 11.2. The largest absolute Gasteiger partial charge is 0.244 e. The molecular formula is C10H14BrNO4S3. The van der Waals surface area contributed by atoms with Crippen LogP contribution >= 0.6 is 27.3 Å². The molecule has 0 N–H and O–H groups in total. The standard InChI is InChI=1S/C10H14BrNO4S3/c1-8-9(7-10(11)17-8)19(15,16)12-3-2-5-18(13,14)6-4-12/h7H,2-6H2,1H3. The third-order valence-electron chi connectivity index (χ3n) is 2.97. The summed E-state index contributed by atoms with van der Waals surface area (Å²) in [7, 11) is -6.71. The van der Waals surface area contributed by atoms with Crippen molar-refractivity contribution in [3.8, 4) is 0 Å². The van der Waals surface area contributed by atoms with Crippen molar-refractivity contribution < 1.29 is 16.8 Å². The van der Waals surface area contributed by atoms with Crippen LogP contribution in [-0.4, -0.2) is 45.7 Å². The highest BCUT2D eigenvalue weighted by Gasteiger charge is 2.30. The number of sulfonamides is 1. The van der Waals surface area contributed by atoms with Gasteiger partial charge in [0.1, 0.15) is 0 Å². The lowest BCUT2D eigenvalue weighted by Gasteiger charge is -2.19. The average Bonchev–Trinajstić information content (AvgIpc) is 2.52. The van der Waals surface area contributed by atoms with Crippen LogP contribution < -0.4 is 0 Å². The van der Waals surface area contributed by atoms with E-state index in [-0.39, 0.29) is 29.5 Å². The van der Waals surface area contributed by atoms with Crippen LogP contribution in [0.2, 0.25) is 0 Å². The molecule has 0 saturated carbocycles. The van der Waals surface area contributed by atoms with Gasteiger partial charge in [0.25, 0.3) is 0 Å². The Morgan fingerprint density at radius 2 is 2.00 bits per heavy atom. The maximum absolute atomic E-state index is 12.5. The first-order chi connectivity index (χ1) is 8.72. The summed E-state index contributed by atoms with van der Waals surface area (Å²) in [5, 5.41) is 0. The van der Waals surface area contributed by atoms with Crippen LogP contribution in [0.5, 0.6) is 0 Å². The van der Waals surface area contributed by atoms with E-state index in [1.54, 1.807) is 13.0 Å². The van der Waals surface area contributed by atoms with Gasteiger partial charge in [0.15, 0.2) is 9.84 Å². The van der Waals surface area contributed by atoms with Gasteiger partial charge in [0, 0.05) is 18.0 Å². The van der Waals surface area contributed by atoms with E-state index in [1.165, 1.54) is 15.6 Å². The molecule has 0 unspecified atom stereocenters. The number of aryl methyl sites for hydroxylation is 1. The van der Waals surface area contributed by atoms with E-state index >= 15 is 0 Å². The molecule has 0 radical (unpaired) electrons. The van der Waals surface area contributed by atoms with Gasteiger partial charge in [-0.15, -0.1) is 11.3 Å². The summed E-state index contributed by atoms with van der Waals surface area (Å²) >= 11 is 4.63. The van der Waals surface area contributed by atoms with E-state index in [0.29, 0.717) is 11.3 Å². The average molecular weight is 388 g/mol. The van der Waals surface area contributed by atoms with Gasteiger partial charge < -0.3 is 0 Å². The summed E-state index contributed by atoms with van der Waals surface area (Å²) in [6, 6.07) is 1.58. The topological polar surface area (TPSA) is 71.5 Å². The van der Waals surface area contributed by atoms with Crippen LogP contribution in [0.3, 0.4) is 0 Å². The Morgan fingerprint density at radius 1 is 1.32 bits per heavy atom. The van der Waals surface area contributed by atoms with E-state index in [2.05, 4.69) is 15.9 Å². The SMILES string of the molecule is Cc1sc(Br)cc1S(=O)(=O)N1CCCS(=O)(=O)CC1. The first kappa shape index (κ1) is 15.4. The lowest BCUT2D eigenvalue weighted by atomic mass is 10.5. The molecule has 2 rings (SSSR count). The minimum atomic E-state index is -3.60. The number of halogens is 1. The number of hydrogen-bond donors (Lipinski definition) is 0. The maximum Gasteiger partial charge on any atom is 0.244 e. The van der Waals surface area contributed by atoms with Crippen molar-refractivity contribution >= 4 is 47.1 Å². The lowest BCUT2D eigenvalue weighted by Crippen LogP contribution is -2.33. The molecule has 2 heterocycles. The second kappa shape index (κ2) is 5.44. The van der Waals surface area contributed by atoms with Gasteiger partial charge in [-0.05, 0) is 35.3 Å². The Balaban J connectivity index is 2.33. The van der Waals surface area contributed by atoms with Gasteiger partial charge in [-0.3, -0.25) is 0 Å². The summed E-state index contributed by atoms with van der Waals surface area (Å²) in [5.74, 6) is -0.0398. The fourth-order valence-corrected chi connectivity index (χ4v) is 7.23. The summed E-state index contributed by atoms with van der Waals surface area (Å²) < 4.78 is 50.1. The van der Waals surface area contributed by atoms with Crippen molar-refractivity contribution in [3.05, 3.63) is 14.7 Å². The van der Waals surface area contributed by atoms with Crippen molar-refractivity contribution in [2.24, 2.45) is 0 Å². The fraction of sp³-hybridized carbons (Fsp3) is 0.600. The first-order valence-corrected chi connectivity index (χ1v) is 10.6. The predicted molar refractivity (Wildman–Crippen MR) is 78.8 cm³/mol. The molecule has 1 aliphatic rings. The van der Waals surface area contributed by atoms with Crippen molar-refractivity contribution in [2.45, 2.75) is 18.2 Å². The number of nitrogens with zero attached hydrogens (tertiary/aromatic N) is 1. The van der Waals surface area contributed by atoms with Crippen molar-refractivity contribution in [3.63, 3.8) is 0 Å². The number of rotatable bonds is 2. The zero-order valence-corrected chi connectivity index (χ0v) is 14.3. The minimum absolute atomic E-state index is 0.0393. The molecule has 9 heteroatoms. The van der Waals surface area contributed by atoms with Gasteiger partial charge in [-0.1, -0.05) is 0 Å². The Labute approximate surface area is 125 Å². The third kappa shape index (κ3) is 3.38. The van der Waals surface area contributed by atoms with E-state index in [4.69, 9.17) is 0 Å². The fourth-order valence-electron chi connectivity index (χ4n) is 1.98. The summed E-state index contributed by atoms with van der Waals surface area (Å²) in [6.07, 6.45) is 0.353. The molecule has 1 aliphatic heterocycles. The zero-order chi connectivity index (χ0) is 14.3. The number of sulfone groups is 1. The summed E-state index contributed by atoms with van der Waals surface area (Å²) in [5.41, 5.74) is 0. The molecule has 1 aromatic rings. The minimum Gasteiger partial charge on any atom is -0.229 e.